The molecule has 2 amide bonds. The number of anilines is 2. The predicted octanol–water partition coefficient (Wildman–Crippen LogP) is 1.32. The number of amides is 2. The molecular weight excluding hydrogens is 246 g/mol. The number of rotatable bonds is 3. The third-order valence-electron chi connectivity index (χ3n) is 2.40. The van der Waals surface area contributed by atoms with Crippen molar-refractivity contribution in [1.29, 1.82) is 0 Å². The number of hydrogen-bond donors (Lipinski definition) is 3. The van der Waals surface area contributed by atoms with Gasteiger partial charge in [-0.15, -0.1) is 0 Å². The molecule has 0 radical (unpaired) electrons. The van der Waals surface area contributed by atoms with Gasteiger partial charge in [0.15, 0.2) is 5.69 Å². The van der Waals surface area contributed by atoms with Crippen LogP contribution >= 0.6 is 0 Å². The quantitative estimate of drug-likeness (QED) is 0.774. The van der Waals surface area contributed by atoms with Crippen LogP contribution in [0.3, 0.4) is 0 Å². The third kappa shape index (κ3) is 3.15. The lowest BCUT2D eigenvalue weighted by atomic mass is 10.2. The number of benzene rings is 1. The lowest BCUT2D eigenvalue weighted by molar-refractivity contribution is -0.114. The SMILES string of the molecule is CC(=O)Nc1ccc(NC(=O)c2n[nH]nc2C)cc1. The van der Waals surface area contributed by atoms with E-state index in [1.54, 1.807) is 31.2 Å². The molecule has 3 N–H and O–H groups in total. The molecule has 1 heterocycles. The number of aromatic nitrogens is 3. The maximum absolute atomic E-state index is 11.9. The molecule has 0 aliphatic heterocycles. The van der Waals surface area contributed by atoms with Crippen molar-refractivity contribution >= 4 is 23.2 Å². The average molecular weight is 259 g/mol. The summed E-state index contributed by atoms with van der Waals surface area (Å²) in [5, 5.41) is 15.3. The predicted molar refractivity (Wildman–Crippen MR) is 69.8 cm³/mol. The van der Waals surface area contributed by atoms with Crippen molar-refractivity contribution in [3.63, 3.8) is 0 Å². The molecule has 98 valence electrons. The summed E-state index contributed by atoms with van der Waals surface area (Å²) in [6.45, 7) is 3.13. The number of carbonyl (C=O) groups is 2. The summed E-state index contributed by atoms with van der Waals surface area (Å²) in [6.07, 6.45) is 0. The number of aromatic amines is 1. The van der Waals surface area contributed by atoms with E-state index in [1.165, 1.54) is 6.92 Å². The van der Waals surface area contributed by atoms with Gasteiger partial charge in [0.2, 0.25) is 5.91 Å². The Morgan fingerprint density at radius 3 is 2.11 bits per heavy atom. The second kappa shape index (κ2) is 5.30. The highest BCUT2D eigenvalue weighted by Gasteiger charge is 2.13. The van der Waals surface area contributed by atoms with Gasteiger partial charge in [-0.25, -0.2) is 0 Å². The lowest BCUT2D eigenvalue weighted by Gasteiger charge is -2.05. The van der Waals surface area contributed by atoms with Crippen molar-refractivity contribution in [3.05, 3.63) is 35.7 Å². The molecule has 0 bridgehead atoms. The summed E-state index contributed by atoms with van der Waals surface area (Å²) in [5.41, 5.74) is 2.07. The van der Waals surface area contributed by atoms with Crippen LogP contribution in [0.1, 0.15) is 23.1 Å². The number of H-pyrrole nitrogens is 1. The van der Waals surface area contributed by atoms with E-state index >= 15 is 0 Å². The van der Waals surface area contributed by atoms with Gasteiger partial charge in [0, 0.05) is 18.3 Å². The molecule has 7 heteroatoms. The van der Waals surface area contributed by atoms with Gasteiger partial charge in [0.05, 0.1) is 5.69 Å². The highest BCUT2D eigenvalue weighted by Crippen LogP contribution is 2.14. The molecular formula is C12H13N5O2. The van der Waals surface area contributed by atoms with Gasteiger partial charge in [0.1, 0.15) is 0 Å². The summed E-state index contributed by atoms with van der Waals surface area (Å²) in [6, 6.07) is 6.79. The molecule has 0 unspecified atom stereocenters. The molecule has 2 rings (SSSR count). The minimum Gasteiger partial charge on any atom is -0.326 e. The number of aryl methyl sites for hydroxylation is 1. The molecule has 0 aliphatic carbocycles. The van der Waals surface area contributed by atoms with Gasteiger partial charge < -0.3 is 10.6 Å². The maximum atomic E-state index is 11.9. The molecule has 7 nitrogen and oxygen atoms in total. The Labute approximate surface area is 109 Å². The van der Waals surface area contributed by atoms with Crippen LogP contribution in [0.25, 0.3) is 0 Å². The molecule has 0 aliphatic rings. The van der Waals surface area contributed by atoms with Crippen LogP contribution in [-0.2, 0) is 4.79 Å². The van der Waals surface area contributed by atoms with E-state index in [4.69, 9.17) is 0 Å². The Bertz CT molecular complexity index is 603. The van der Waals surface area contributed by atoms with Gasteiger partial charge in [-0.2, -0.15) is 15.4 Å². The van der Waals surface area contributed by atoms with E-state index in [-0.39, 0.29) is 17.5 Å². The van der Waals surface area contributed by atoms with Gasteiger partial charge in [0.25, 0.3) is 5.91 Å². The smallest absolute Gasteiger partial charge is 0.278 e. The second-order valence-corrected chi connectivity index (χ2v) is 3.97. The first-order valence-electron chi connectivity index (χ1n) is 5.62. The first-order valence-corrected chi connectivity index (χ1v) is 5.62. The second-order valence-electron chi connectivity index (χ2n) is 3.97. The number of carbonyl (C=O) groups excluding carboxylic acids is 2. The van der Waals surface area contributed by atoms with Crippen LogP contribution in [0.5, 0.6) is 0 Å². The van der Waals surface area contributed by atoms with Crippen molar-refractivity contribution in [2.45, 2.75) is 13.8 Å². The number of nitrogens with zero attached hydrogens (tertiary/aromatic N) is 2. The molecule has 1 aromatic carbocycles. The molecule has 0 atom stereocenters. The van der Waals surface area contributed by atoms with Crippen LogP contribution < -0.4 is 10.6 Å². The van der Waals surface area contributed by atoms with E-state index in [0.717, 1.165) is 0 Å². The first kappa shape index (κ1) is 12.7. The normalized spacial score (nSPS) is 10.0. The zero-order valence-corrected chi connectivity index (χ0v) is 10.5. The zero-order chi connectivity index (χ0) is 13.8. The summed E-state index contributed by atoms with van der Waals surface area (Å²) >= 11 is 0. The average Bonchev–Trinajstić information content (AvgIpc) is 2.77. The standard InChI is InChI=1S/C12H13N5O2/c1-7-11(16-17-15-7)12(19)14-10-5-3-9(4-6-10)13-8(2)18/h3-6H,1-2H3,(H,13,18)(H,14,19)(H,15,16,17). The molecule has 1 aromatic heterocycles. The van der Waals surface area contributed by atoms with E-state index in [9.17, 15) is 9.59 Å². The van der Waals surface area contributed by atoms with Crippen molar-refractivity contribution < 1.29 is 9.59 Å². The highest BCUT2D eigenvalue weighted by atomic mass is 16.2. The van der Waals surface area contributed by atoms with Crippen molar-refractivity contribution in [2.24, 2.45) is 0 Å². The van der Waals surface area contributed by atoms with Crippen LogP contribution in [0.4, 0.5) is 11.4 Å². The fourth-order valence-electron chi connectivity index (χ4n) is 1.53. The maximum Gasteiger partial charge on any atom is 0.278 e. The van der Waals surface area contributed by atoms with Gasteiger partial charge in [-0.3, -0.25) is 9.59 Å². The molecule has 0 saturated heterocycles. The number of nitrogens with one attached hydrogen (secondary N) is 3. The van der Waals surface area contributed by atoms with Crippen LogP contribution in [-0.4, -0.2) is 27.2 Å². The highest BCUT2D eigenvalue weighted by molar-refractivity contribution is 6.03. The van der Waals surface area contributed by atoms with Crippen LogP contribution in [0.2, 0.25) is 0 Å². The summed E-state index contributed by atoms with van der Waals surface area (Å²) in [4.78, 5) is 22.7. The summed E-state index contributed by atoms with van der Waals surface area (Å²) < 4.78 is 0. The van der Waals surface area contributed by atoms with Crippen LogP contribution in [0.15, 0.2) is 24.3 Å². The van der Waals surface area contributed by atoms with Crippen molar-refractivity contribution in [2.75, 3.05) is 10.6 Å². The van der Waals surface area contributed by atoms with Gasteiger partial charge in [-0.1, -0.05) is 0 Å². The third-order valence-corrected chi connectivity index (χ3v) is 2.40. The van der Waals surface area contributed by atoms with E-state index in [0.29, 0.717) is 17.1 Å². The largest absolute Gasteiger partial charge is 0.326 e. The Morgan fingerprint density at radius 2 is 1.63 bits per heavy atom. The van der Waals surface area contributed by atoms with E-state index < -0.39 is 0 Å². The van der Waals surface area contributed by atoms with Crippen molar-refractivity contribution in [3.8, 4) is 0 Å². The minimum absolute atomic E-state index is 0.144. The van der Waals surface area contributed by atoms with Gasteiger partial charge in [-0.05, 0) is 31.2 Å². The van der Waals surface area contributed by atoms with Crippen LogP contribution in [0, 0.1) is 6.92 Å². The number of hydrogen-bond acceptors (Lipinski definition) is 4. The Balaban J connectivity index is 2.06. The molecule has 2 aromatic rings. The molecule has 0 spiro atoms. The minimum atomic E-state index is -0.335. The summed E-state index contributed by atoms with van der Waals surface area (Å²) in [7, 11) is 0. The zero-order valence-electron chi connectivity index (χ0n) is 10.5. The van der Waals surface area contributed by atoms with E-state index in [2.05, 4.69) is 26.0 Å². The lowest BCUT2D eigenvalue weighted by Crippen LogP contribution is -2.13. The fourth-order valence-corrected chi connectivity index (χ4v) is 1.53. The first-order chi connectivity index (χ1) is 9.06. The van der Waals surface area contributed by atoms with Crippen molar-refractivity contribution in [1.82, 2.24) is 15.4 Å². The molecule has 19 heavy (non-hydrogen) atoms. The Kier molecular flexibility index (Phi) is 3.56. The van der Waals surface area contributed by atoms with Gasteiger partial charge >= 0.3 is 0 Å². The Morgan fingerprint density at radius 1 is 1.05 bits per heavy atom. The van der Waals surface area contributed by atoms with E-state index in [1.807, 2.05) is 0 Å². The fraction of sp³-hybridized carbons (Fsp3) is 0.167. The summed E-state index contributed by atoms with van der Waals surface area (Å²) in [5.74, 6) is -0.478. The Hall–Kier alpha value is -2.70. The monoisotopic (exact) mass is 259 g/mol. The topological polar surface area (TPSA) is 99.8 Å². The molecule has 0 fully saturated rings. The molecule has 0 saturated carbocycles.